The van der Waals surface area contributed by atoms with E-state index >= 15 is 0 Å². The first kappa shape index (κ1) is 23.0. The molecule has 3 rings (SSSR count). The van der Waals surface area contributed by atoms with Crippen LogP contribution < -0.4 is 14.4 Å². The van der Waals surface area contributed by atoms with Gasteiger partial charge in [0.25, 0.3) is 0 Å². The Balaban J connectivity index is 1.86. The van der Waals surface area contributed by atoms with Gasteiger partial charge in [0.05, 0.1) is 24.4 Å². The molecule has 0 aliphatic carbocycles. The van der Waals surface area contributed by atoms with Gasteiger partial charge in [-0.05, 0) is 25.1 Å². The fourth-order valence-corrected chi connectivity index (χ4v) is 4.52. The van der Waals surface area contributed by atoms with Crippen molar-refractivity contribution in [3.63, 3.8) is 0 Å². The molecule has 0 fully saturated rings. The van der Waals surface area contributed by atoms with Gasteiger partial charge in [-0.3, -0.25) is 9.69 Å². The molecule has 1 aromatic heterocycles. The second-order valence-corrected chi connectivity index (χ2v) is 8.24. The highest BCUT2D eigenvalue weighted by atomic mass is 32.1. The number of aromatic nitrogens is 1. The van der Waals surface area contributed by atoms with Crippen LogP contribution in [0.2, 0.25) is 0 Å². The van der Waals surface area contributed by atoms with Crippen molar-refractivity contribution in [3.05, 3.63) is 48.0 Å². The van der Waals surface area contributed by atoms with Crippen LogP contribution in [0.1, 0.15) is 25.8 Å². The van der Waals surface area contributed by atoms with E-state index in [1.165, 1.54) is 16.9 Å². The zero-order valence-electron chi connectivity index (χ0n) is 18.8. The summed E-state index contributed by atoms with van der Waals surface area (Å²) in [6, 6.07) is 13.9. The number of likely N-dealkylation sites (N-methyl/N-ethyl adjacent to an activating group) is 1. The molecule has 1 amide bonds. The van der Waals surface area contributed by atoms with Gasteiger partial charge in [-0.15, -0.1) is 0 Å². The summed E-state index contributed by atoms with van der Waals surface area (Å²) in [6.07, 6.45) is 1.17. The Kier molecular flexibility index (Phi) is 8.26. The Labute approximate surface area is 188 Å². The molecule has 2 aromatic carbocycles. The van der Waals surface area contributed by atoms with Crippen LogP contribution in [0.3, 0.4) is 0 Å². The number of carbonyl (C=O) groups excluding carboxylic acids is 1. The molecule has 166 valence electrons. The molecule has 0 unspecified atom stereocenters. The lowest BCUT2D eigenvalue weighted by Gasteiger charge is -2.24. The van der Waals surface area contributed by atoms with Crippen LogP contribution in [0.4, 0.5) is 5.13 Å². The molecule has 0 bridgehead atoms. The number of hydrogen-bond donors (Lipinski definition) is 0. The predicted octanol–water partition coefficient (Wildman–Crippen LogP) is 4.62. The van der Waals surface area contributed by atoms with Crippen molar-refractivity contribution in [3.8, 4) is 11.5 Å². The number of thiazole rings is 1. The summed E-state index contributed by atoms with van der Waals surface area (Å²) in [4.78, 5) is 22.2. The van der Waals surface area contributed by atoms with Crippen LogP contribution in [-0.4, -0.2) is 56.2 Å². The van der Waals surface area contributed by atoms with E-state index in [-0.39, 0.29) is 5.91 Å². The zero-order chi connectivity index (χ0) is 22.2. The lowest BCUT2D eigenvalue weighted by molar-refractivity contribution is -0.118. The third kappa shape index (κ3) is 5.74. The summed E-state index contributed by atoms with van der Waals surface area (Å²) in [6.45, 7) is 7.62. The van der Waals surface area contributed by atoms with Crippen molar-refractivity contribution < 1.29 is 14.3 Å². The maximum absolute atomic E-state index is 13.3. The molecule has 3 aromatic rings. The smallest absolute Gasteiger partial charge is 0.229 e. The van der Waals surface area contributed by atoms with Crippen LogP contribution >= 0.6 is 11.3 Å². The molecule has 0 aliphatic heterocycles. The number of aryl methyl sites for hydroxylation is 1. The summed E-state index contributed by atoms with van der Waals surface area (Å²) in [7, 11) is 3.23. The standard InChI is InChI=1S/C24H31N3O3S/c1-5-26(6-2)14-15-27(23(28)13-12-18-10-8-7-9-11-18)24-25-19-16-20(29-3)21(30-4)17-22(19)31-24/h7-11,16-17H,5-6,12-15H2,1-4H3. The first-order valence-electron chi connectivity index (χ1n) is 10.7. The molecule has 31 heavy (non-hydrogen) atoms. The third-order valence-electron chi connectivity index (χ3n) is 5.42. The molecule has 0 atom stereocenters. The monoisotopic (exact) mass is 441 g/mol. The highest BCUT2D eigenvalue weighted by Crippen LogP contribution is 2.37. The normalized spacial score (nSPS) is 11.1. The number of carbonyl (C=O) groups is 1. The number of fused-ring (bicyclic) bond motifs is 1. The molecule has 1 heterocycles. The van der Waals surface area contributed by atoms with Gasteiger partial charge in [-0.1, -0.05) is 55.5 Å². The maximum atomic E-state index is 13.3. The molecule has 0 spiro atoms. The van der Waals surface area contributed by atoms with Gasteiger partial charge in [-0.25, -0.2) is 4.98 Å². The number of hydrogen-bond acceptors (Lipinski definition) is 6. The topological polar surface area (TPSA) is 54.9 Å². The van der Waals surface area contributed by atoms with Crippen molar-refractivity contribution in [1.29, 1.82) is 0 Å². The summed E-state index contributed by atoms with van der Waals surface area (Å²) in [5, 5.41) is 0.718. The van der Waals surface area contributed by atoms with Gasteiger partial charge in [0.2, 0.25) is 5.91 Å². The van der Waals surface area contributed by atoms with Gasteiger partial charge >= 0.3 is 0 Å². The molecular formula is C24H31N3O3S. The van der Waals surface area contributed by atoms with Gasteiger partial charge in [-0.2, -0.15) is 0 Å². The number of benzene rings is 2. The van der Waals surface area contributed by atoms with Gasteiger partial charge in [0.15, 0.2) is 16.6 Å². The zero-order valence-corrected chi connectivity index (χ0v) is 19.6. The van der Waals surface area contributed by atoms with Crippen LogP contribution in [0.15, 0.2) is 42.5 Å². The third-order valence-corrected chi connectivity index (χ3v) is 6.46. The Hall–Kier alpha value is -2.64. The first-order valence-corrected chi connectivity index (χ1v) is 11.5. The number of ether oxygens (including phenoxy) is 2. The highest BCUT2D eigenvalue weighted by Gasteiger charge is 2.21. The molecule has 0 radical (unpaired) electrons. The number of nitrogens with zero attached hydrogens (tertiary/aromatic N) is 3. The molecule has 6 nitrogen and oxygen atoms in total. The molecule has 0 N–H and O–H groups in total. The second-order valence-electron chi connectivity index (χ2n) is 7.23. The fourth-order valence-electron chi connectivity index (χ4n) is 3.50. The van der Waals surface area contributed by atoms with E-state index in [0.717, 1.165) is 35.0 Å². The summed E-state index contributed by atoms with van der Waals surface area (Å²) < 4.78 is 11.8. The number of amides is 1. The molecule has 0 saturated carbocycles. The Bertz CT molecular complexity index is 945. The van der Waals surface area contributed by atoms with Crippen molar-refractivity contribution in [2.45, 2.75) is 26.7 Å². The van der Waals surface area contributed by atoms with Gasteiger partial charge < -0.3 is 14.4 Å². The predicted molar refractivity (Wildman–Crippen MR) is 128 cm³/mol. The van der Waals surface area contributed by atoms with Crippen LogP contribution in [0.25, 0.3) is 10.2 Å². The van der Waals surface area contributed by atoms with E-state index in [9.17, 15) is 4.79 Å². The quantitative estimate of drug-likeness (QED) is 0.435. The second kappa shape index (κ2) is 11.1. The minimum atomic E-state index is 0.0917. The number of anilines is 1. The van der Waals surface area contributed by atoms with Crippen molar-refractivity contribution in [1.82, 2.24) is 9.88 Å². The fraction of sp³-hybridized carbons (Fsp3) is 0.417. The SMILES string of the molecule is CCN(CC)CCN(C(=O)CCc1ccccc1)c1nc2cc(OC)c(OC)cc2s1. The average molecular weight is 442 g/mol. The van der Waals surface area contributed by atoms with E-state index < -0.39 is 0 Å². The van der Waals surface area contributed by atoms with Crippen LogP contribution in [0.5, 0.6) is 11.5 Å². The lowest BCUT2D eigenvalue weighted by Crippen LogP contribution is -2.39. The van der Waals surface area contributed by atoms with Crippen molar-refractivity contribution >= 4 is 32.6 Å². The van der Waals surface area contributed by atoms with E-state index in [1.807, 2.05) is 35.2 Å². The molecular weight excluding hydrogens is 410 g/mol. The largest absolute Gasteiger partial charge is 0.493 e. The Morgan fingerprint density at radius 2 is 1.68 bits per heavy atom. The minimum absolute atomic E-state index is 0.0917. The Morgan fingerprint density at radius 1 is 1.00 bits per heavy atom. The maximum Gasteiger partial charge on any atom is 0.229 e. The Morgan fingerprint density at radius 3 is 2.32 bits per heavy atom. The van der Waals surface area contributed by atoms with Crippen LogP contribution in [0, 0.1) is 0 Å². The molecule has 0 aliphatic rings. The van der Waals surface area contributed by atoms with Gasteiger partial charge in [0, 0.05) is 31.6 Å². The summed E-state index contributed by atoms with van der Waals surface area (Å²) in [5.74, 6) is 1.39. The van der Waals surface area contributed by atoms with E-state index in [4.69, 9.17) is 14.5 Å². The van der Waals surface area contributed by atoms with Crippen molar-refractivity contribution in [2.24, 2.45) is 0 Å². The lowest BCUT2D eigenvalue weighted by atomic mass is 10.1. The minimum Gasteiger partial charge on any atom is -0.493 e. The summed E-state index contributed by atoms with van der Waals surface area (Å²) >= 11 is 1.51. The van der Waals surface area contributed by atoms with Gasteiger partial charge in [0.1, 0.15) is 0 Å². The molecule has 7 heteroatoms. The number of methoxy groups -OCH3 is 2. The van der Waals surface area contributed by atoms with E-state index in [0.29, 0.717) is 30.9 Å². The van der Waals surface area contributed by atoms with Crippen LogP contribution in [-0.2, 0) is 11.2 Å². The highest BCUT2D eigenvalue weighted by molar-refractivity contribution is 7.22. The first-order chi connectivity index (χ1) is 15.1. The summed E-state index contributed by atoms with van der Waals surface area (Å²) in [5.41, 5.74) is 1.97. The van der Waals surface area contributed by atoms with Crippen molar-refractivity contribution in [2.75, 3.05) is 45.3 Å². The average Bonchev–Trinajstić information content (AvgIpc) is 3.22. The number of rotatable bonds is 11. The molecule has 0 saturated heterocycles. The van der Waals surface area contributed by atoms with E-state index in [1.54, 1.807) is 14.2 Å². The van der Waals surface area contributed by atoms with E-state index in [2.05, 4.69) is 30.9 Å².